The number of nitrogens with zero attached hydrogens (tertiary/aromatic N) is 3. The van der Waals surface area contributed by atoms with Gasteiger partial charge in [0.05, 0.1) is 0 Å². The Kier molecular flexibility index (Phi) is 4.47. The Labute approximate surface area is 141 Å². The van der Waals surface area contributed by atoms with E-state index in [1.165, 1.54) is 0 Å². The number of nitrogens with one attached hydrogen (secondary N) is 1. The van der Waals surface area contributed by atoms with E-state index in [4.69, 9.17) is 0 Å². The number of amides is 1. The maximum absolute atomic E-state index is 12.6. The third-order valence-electron chi connectivity index (χ3n) is 4.96. The van der Waals surface area contributed by atoms with Crippen LogP contribution in [0.1, 0.15) is 56.5 Å². The van der Waals surface area contributed by atoms with Gasteiger partial charge in [0.25, 0.3) is 5.56 Å². The maximum Gasteiger partial charge on any atom is 0.276 e. The fraction of sp³-hybridized carbons (Fsp3) is 0.611. The normalized spacial score (nSPS) is 18.5. The molecule has 0 aromatic carbocycles. The Balaban J connectivity index is 1.93. The Morgan fingerprint density at radius 1 is 1.46 bits per heavy atom. The number of hydrogen-bond donors (Lipinski definition) is 1. The summed E-state index contributed by atoms with van der Waals surface area (Å²) in [6, 6.07) is 1.96. The number of hydrogen-bond acceptors (Lipinski definition) is 3. The molecule has 1 atom stereocenters. The minimum absolute atomic E-state index is 0.0165. The van der Waals surface area contributed by atoms with E-state index in [0.717, 1.165) is 36.3 Å². The average Bonchev–Trinajstić information content (AvgIpc) is 2.98. The van der Waals surface area contributed by atoms with Crippen LogP contribution in [0.5, 0.6) is 0 Å². The Bertz CT molecular complexity index is 818. The second-order valence-electron chi connectivity index (χ2n) is 7.02. The zero-order valence-corrected chi connectivity index (χ0v) is 14.9. The van der Waals surface area contributed by atoms with Gasteiger partial charge in [-0.1, -0.05) is 20.8 Å². The second-order valence-corrected chi connectivity index (χ2v) is 7.02. The highest BCUT2D eigenvalue weighted by atomic mass is 16.2. The molecule has 1 aliphatic rings. The number of aromatic nitrogens is 3. The first-order valence-corrected chi connectivity index (χ1v) is 8.82. The van der Waals surface area contributed by atoms with Crippen molar-refractivity contribution in [3.8, 4) is 0 Å². The minimum atomic E-state index is -0.0165. The highest BCUT2D eigenvalue weighted by Crippen LogP contribution is 2.27. The van der Waals surface area contributed by atoms with E-state index in [0.29, 0.717) is 18.6 Å². The molecule has 0 spiro atoms. The molecule has 1 N–H and O–H groups in total. The summed E-state index contributed by atoms with van der Waals surface area (Å²) in [7, 11) is 0. The minimum Gasteiger partial charge on any atom is -0.342 e. The maximum atomic E-state index is 12.6. The van der Waals surface area contributed by atoms with Gasteiger partial charge in [-0.2, -0.15) is 0 Å². The van der Waals surface area contributed by atoms with Gasteiger partial charge < -0.3 is 4.90 Å². The largest absolute Gasteiger partial charge is 0.342 e. The number of aromatic amines is 1. The molecule has 0 saturated carbocycles. The average molecular weight is 330 g/mol. The molecule has 1 amide bonds. The van der Waals surface area contributed by atoms with Gasteiger partial charge in [-0.25, -0.2) is 9.50 Å². The van der Waals surface area contributed by atoms with Crippen molar-refractivity contribution >= 4 is 11.6 Å². The van der Waals surface area contributed by atoms with E-state index in [1.807, 2.05) is 38.7 Å². The summed E-state index contributed by atoms with van der Waals surface area (Å²) in [6.45, 7) is 9.26. The van der Waals surface area contributed by atoms with Crippen LogP contribution in [0.2, 0.25) is 0 Å². The Hall–Kier alpha value is -2.11. The number of carbonyl (C=O) groups excluding carboxylic acids is 1. The summed E-state index contributed by atoms with van der Waals surface area (Å²) in [5.74, 6) is 0.452. The van der Waals surface area contributed by atoms with Crippen molar-refractivity contribution in [3.63, 3.8) is 0 Å². The number of fused-ring (bicyclic) bond motifs is 1. The SMILES string of the molecule is CCc1c(C)nc2cc(C3CCCN(C(=O)C(C)C)C3)[nH]n2c1=O. The molecule has 0 aliphatic carbocycles. The summed E-state index contributed by atoms with van der Waals surface area (Å²) in [6.07, 6.45) is 2.68. The van der Waals surface area contributed by atoms with Crippen molar-refractivity contribution in [1.82, 2.24) is 19.5 Å². The van der Waals surface area contributed by atoms with Crippen LogP contribution in [-0.2, 0) is 11.2 Å². The van der Waals surface area contributed by atoms with Crippen molar-refractivity contribution in [2.75, 3.05) is 13.1 Å². The number of H-pyrrole nitrogens is 1. The summed E-state index contributed by atoms with van der Waals surface area (Å²) in [4.78, 5) is 31.3. The Morgan fingerprint density at radius 3 is 2.88 bits per heavy atom. The lowest BCUT2D eigenvalue weighted by molar-refractivity contribution is -0.135. The van der Waals surface area contributed by atoms with Crippen LogP contribution in [-0.4, -0.2) is 38.5 Å². The summed E-state index contributed by atoms with van der Waals surface area (Å²) < 4.78 is 1.55. The van der Waals surface area contributed by atoms with E-state index >= 15 is 0 Å². The lowest BCUT2D eigenvalue weighted by Gasteiger charge is -2.33. The van der Waals surface area contributed by atoms with E-state index < -0.39 is 0 Å². The predicted molar refractivity (Wildman–Crippen MR) is 93.3 cm³/mol. The van der Waals surface area contributed by atoms with E-state index in [2.05, 4.69) is 10.1 Å². The molecule has 0 bridgehead atoms. The number of carbonyl (C=O) groups is 1. The van der Waals surface area contributed by atoms with Gasteiger partial charge in [0.1, 0.15) is 0 Å². The first-order chi connectivity index (χ1) is 11.4. The van der Waals surface area contributed by atoms with Gasteiger partial charge in [0, 0.05) is 47.9 Å². The molecule has 24 heavy (non-hydrogen) atoms. The van der Waals surface area contributed by atoms with Crippen molar-refractivity contribution in [3.05, 3.63) is 33.4 Å². The fourth-order valence-electron chi connectivity index (χ4n) is 3.60. The monoisotopic (exact) mass is 330 g/mol. The number of likely N-dealkylation sites (tertiary alicyclic amines) is 1. The van der Waals surface area contributed by atoms with Crippen LogP contribution in [0.4, 0.5) is 0 Å². The van der Waals surface area contributed by atoms with Gasteiger partial charge in [-0.15, -0.1) is 0 Å². The van der Waals surface area contributed by atoms with E-state index in [1.54, 1.807) is 4.52 Å². The first-order valence-electron chi connectivity index (χ1n) is 8.82. The quantitative estimate of drug-likeness (QED) is 0.938. The topological polar surface area (TPSA) is 70.5 Å². The van der Waals surface area contributed by atoms with Crippen molar-refractivity contribution in [1.29, 1.82) is 0 Å². The van der Waals surface area contributed by atoms with Crippen LogP contribution in [0.15, 0.2) is 10.9 Å². The molecule has 2 aromatic rings. The summed E-state index contributed by atoms with van der Waals surface area (Å²) >= 11 is 0. The molecule has 3 rings (SSSR count). The fourth-order valence-corrected chi connectivity index (χ4v) is 3.60. The van der Waals surface area contributed by atoms with Crippen LogP contribution in [0.25, 0.3) is 5.65 Å². The predicted octanol–water partition coefficient (Wildman–Crippen LogP) is 2.26. The third-order valence-corrected chi connectivity index (χ3v) is 4.96. The number of piperidine rings is 1. The standard InChI is InChI=1S/C18H26N4O2/c1-5-14-12(4)19-16-9-15(20-22(16)18(14)24)13-7-6-8-21(10-13)17(23)11(2)3/h9,11,13,20H,5-8,10H2,1-4H3. The molecule has 1 saturated heterocycles. The molecule has 1 aliphatic heterocycles. The van der Waals surface area contributed by atoms with Gasteiger partial charge in [0.2, 0.25) is 5.91 Å². The zero-order valence-electron chi connectivity index (χ0n) is 14.9. The molecule has 1 unspecified atom stereocenters. The first kappa shape index (κ1) is 16.7. The van der Waals surface area contributed by atoms with Gasteiger partial charge in [-0.05, 0) is 26.2 Å². The van der Waals surface area contributed by atoms with Crippen molar-refractivity contribution in [2.45, 2.75) is 52.9 Å². The summed E-state index contributed by atoms with van der Waals surface area (Å²) in [5.41, 5.74) is 3.19. The van der Waals surface area contributed by atoms with Crippen molar-refractivity contribution < 1.29 is 4.79 Å². The molecule has 3 heterocycles. The van der Waals surface area contributed by atoms with Gasteiger partial charge in [-0.3, -0.25) is 14.7 Å². The lowest BCUT2D eigenvalue weighted by Crippen LogP contribution is -2.41. The van der Waals surface area contributed by atoms with Crippen LogP contribution in [0, 0.1) is 12.8 Å². The third kappa shape index (κ3) is 2.85. The smallest absolute Gasteiger partial charge is 0.276 e. The highest BCUT2D eigenvalue weighted by Gasteiger charge is 2.27. The van der Waals surface area contributed by atoms with Crippen LogP contribution < -0.4 is 5.56 Å². The van der Waals surface area contributed by atoms with Gasteiger partial charge >= 0.3 is 0 Å². The molecular formula is C18H26N4O2. The number of rotatable bonds is 3. The van der Waals surface area contributed by atoms with Crippen LogP contribution in [0.3, 0.4) is 0 Å². The molecule has 130 valence electrons. The van der Waals surface area contributed by atoms with E-state index in [-0.39, 0.29) is 23.3 Å². The summed E-state index contributed by atoms with van der Waals surface area (Å²) in [5, 5.41) is 3.23. The van der Waals surface area contributed by atoms with Crippen LogP contribution >= 0.6 is 0 Å². The lowest BCUT2D eigenvalue weighted by atomic mass is 9.94. The number of aryl methyl sites for hydroxylation is 1. The zero-order chi connectivity index (χ0) is 17.4. The molecule has 0 radical (unpaired) electrons. The highest BCUT2D eigenvalue weighted by molar-refractivity contribution is 5.78. The Morgan fingerprint density at radius 2 is 2.21 bits per heavy atom. The molecular weight excluding hydrogens is 304 g/mol. The van der Waals surface area contributed by atoms with Crippen molar-refractivity contribution in [2.24, 2.45) is 5.92 Å². The van der Waals surface area contributed by atoms with Gasteiger partial charge in [0.15, 0.2) is 5.65 Å². The molecule has 6 nitrogen and oxygen atoms in total. The second kappa shape index (κ2) is 6.42. The van der Waals surface area contributed by atoms with E-state index in [9.17, 15) is 9.59 Å². The molecule has 2 aromatic heterocycles. The molecule has 6 heteroatoms. The molecule has 1 fully saturated rings.